The molecular formula is C14H17N3OS. The van der Waals surface area contributed by atoms with Gasteiger partial charge in [0.1, 0.15) is 11.3 Å². The maximum absolute atomic E-state index is 5.71. The van der Waals surface area contributed by atoms with Gasteiger partial charge < -0.3 is 9.73 Å². The lowest BCUT2D eigenvalue weighted by Gasteiger charge is -2.09. The Morgan fingerprint density at radius 2 is 2.05 bits per heavy atom. The molecule has 1 aromatic carbocycles. The van der Waals surface area contributed by atoms with Crippen molar-refractivity contribution in [3.05, 3.63) is 36.1 Å². The van der Waals surface area contributed by atoms with Crippen LogP contribution in [0, 0.1) is 0 Å². The Balaban J connectivity index is 2.10. The van der Waals surface area contributed by atoms with Gasteiger partial charge in [0.25, 0.3) is 0 Å². The van der Waals surface area contributed by atoms with Gasteiger partial charge in [-0.05, 0) is 45.1 Å². The minimum Gasteiger partial charge on any atom is -0.455 e. The average molecular weight is 275 g/mol. The summed E-state index contributed by atoms with van der Waals surface area (Å²) in [6.45, 7) is 5.91. The smallest absolute Gasteiger partial charge is 0.187 e. The topological polar surface area (TPSA) is 49.6 Å². The molecule has 0 saturated heterocycles. The molecule has 2 aromatic rings. The second kappa shape index (κ2) is 5.84. The Kier molecular flexibility index (Phi) is 4.16. The summed E-state index contributed by atoms with van der Waals surface area (Å²) in [5.41, 5.74) is 4.42. The predicted octanol–water partition coefficient (Wildman–Crippen LogP) is 3.03. The fourth-order valence-corrected chi connectivity index (χ4v) is 1.93. The van der Waals surface area contributed by atoms with E-state index in [2.05, 4.69) is 15.8 Å². The van der Waals surface area contributed by atoms with Gasteiger partial charge in [0, 0.05) is 11.4 Å². The van der Waals surface area contributed by atoms with Crippen LogP contribution in [0.4, 0.5) is 0 Å². The fourth-order valence-electron chi connectivity index (χ4n) is 1.64. The summed E-state index contributed by atoms with van der Waals surface area (Å²) in [5.74, 6) is 0.737. The van der Waals surface area contributed by atoms with Gasteiger partial charge in [0.15, 0.2) is 10.9 Å². The van der Waals surface area contributed by atoms with Crippen LogP contribution in [-0.2, 0) is 0 Å². The molecule has 100 valence electrons. The SMILES string of the molecule is C/C(=N\NC(=S)NC(C)C)c1cc2ccccc2o1. The summed E-state index contributed by atoms with van der Waals surface area (Å²) in [4.78, 5) is 0. The number of nitrogens with one attached hydrogen (secondary N) is 2. The minimum atomic E-state index is 0.279. The number of hydrogen-bond donors (Lipinski definition) is 2. The van der Waals surface area contributed by atoms with Crippen LogP contribution in [0.15, 0.2) is 39.9 Å². The fraction of sp³-hybridized carbons (Fsp3) is 0.286. The lowest BCUT2D eigenvalue weighted by molar-refractivity contribution is 0.603. The molecule has 0 aliphatic rings. The number of nitrogens with zero attached hydrogens (tertiary/aromatic N) is 1. The Morgan fingerprint density at radius 3 is 2.74 bits per heavy atom. The highest BCUT2D eigenvalue weighted by Gasteiger charge is 2.06. The molecule has 0 amide bonds. The molecule has 0 fully saturated rings. The minimum absolute atomic E-state index is 0.279. The van der Waals surface area contributed by atoms with Crippen LogP contribution >= 0.6 is 12.2 Å². The van der Waals surface area contributed by atoms with Crippen molar-refractivity contribution in [2.75, 3.05) is 0 Å². The lowest BCUT2D eigenvalue weighted by Crippen LogP contribution is -2.37. The van der Waals surface area contributed by atoms with E-state index in [1.165, 1.54) is 0 Å². The van der Waals surface area contributed by atoms with Gasteiger partial charge in [0.05, 0.1) is 0 Å². The number of hydrazone groups is 1. The van der Waals surface area contributed by atoms with E-state index in [0.717, 1.165) is 22.4 Å². The van der Waals surface area contributed by atoms with Crippen molar-refractivity contribution in [3.63, 3.8) is 0 Å². The van der Waals surface area contributed by atoms with E-state index < -0.39 is 0 Å². The van der Waals surface area contributed by atoms with E-state index in [0.29, 0.717) is 5.11 Å². The van der Waals surface area contributed by atoms with Crippen molar-refractivity contribution in [1.29, 1.82) is 0 Å². The molecule has 0 aliphatic heterocycles. The van der Waals surface area contributed by atoms with Crippen LogP contribution in [0.25, 0.3) is 11.0 Å². The summed E-state index contributed by atoms with van der Waals surface area (Å²) in [7, 11) is 0. The van der Waals surface area contributed by atoms with E-state index in [-0.39, 0.29) is 6.04 Å². The van der Waals surface area contributed by atoms with Gasteiger partial charge >= 0.3 is 0 Å². The first-order valence-corrected chi connectivity index (χ1v) is 6.57. The third-order valence-corrected chi connectivity index (χ3v) is 2.74. The maximum Gasteiger partial charge on any atom is 0.187 e. The van der Waals surface area contributed by atoms with Crippen LogP contribution in [0.3, 0.4) is 0 Å². The molecule has 2 N–H and O–H groups in total. The van der Waals surface area contributed by atoms with Crippen molar-refractivity contribution in [2.45, 2.75) is 26.8 Å². The predicted molar refractivity (Wildman–Crippen MR) is 82.4 cm³/mol. The van der Waals surface area contributed by atoms with Gasteiger partial charge in [-0.1, -0.05) is 18.2 Å². The van der Waals surface area contributed by atoms with Crippen molar-refractivity contribution in [3.8, 4) is 0 Å². The van der Waals surface area contributed by atoms with E-state index in [1.807, 2.05) is 51.1 Å². The molecule has 0 bridgehead atoms. The molecule has 4 nitrogen and oxygen atoms in total. The van der Waals surface area contributed by atoms with Crippen LogP contribution in [0.1, 0.15) is 26.5 Å². The van der Waals surface area contributed by atoms with Crippen LogP contribution in [0.2, 0.25) is 0 Å². The molecule has 19 heavy (non-hydrogen) atoms. The number of para-hydroxylation sites is 1. The quantitative estimate of drug-likeness (QED) is 0.513. The molecule has 0 radical (unpaired) electrons. The molecule has 2 rings (SSSR count). The van der Waals surface area contributed by atoms with E-state index >= 15 is 0 Å². The van der Waals surface area contributed by atoms with E-state index in [9.17, 15) is 0 Å². The largest absolute Gasteiger partial charge is 0.455 e. The van der Waals surface area contributed by atoms with Crippen molar-refractivity contribution in [1.82, 2.24) is 10.7 Å². The monoisotopic (exact) mass is 275 g/mol. The highest BCUT2D eigenvalue weighted by Crippen LogP contribution is 2.19. The Bertz CT molecular complexity index is 583. The van der Waals surface area contributed by atoms with Crippen LogP contribution in [-0.4, -0.2) is 16.9 Å². The first-order valence-electron chi connectivity index (χ1n) is 6.16. The van der Waals surface area contributed by atoms with Gasteiger partial charge in [-0.2, -0.15) is 5.10 Å². The first kappa shape index (κ1) is 13.5. The Labute approximate surface area is 117 Å². The summed E-state index contributed by atoms with van der Waals surface area (Å²) in [6, 6.07) is 10.1. The van der Waals surface area contributed by atoms with Crippen LogP contribution in [0.5, 0.6) is 0 Å². The number of thiocarbonyl (C=S) groups is 1. The number of rotatable bonds is 3. The second-order valence-corrected chi connectivity index (χ2v) is 4.99. The Morgan fingerprint density at radius 1 is 1.32 bits per heavy atom. The third kappa shape index (κ3) is 3.54. The van der Waals surface area contributed by atoms with Crippen LogP contribution < -0.4 is 10.7 Å². The highest BCUT2D eigenvalue weighted by atomic mass is 32.1. The molecule has 0 saturated carbocycles. The molecule has 0 aliphatic carbocycles. The molecule has 0 atom stereocenters. The highest BCUT2D eigenvalue weighted by molar-refractivity contribution is 7.80. The zero-order valence-corrected chi connectivity index (χ0v) is 12.0. The van der Waals surface area contributed by atoms with Crippen molar-refractivity contribution >= 4 is 34.0 Å². The summed E-state index contributed by atoms with van der Waals surface area (Å²) in [5, 5.41) is 8.84. The third-order valence-electron chi connectivity index (χ3n) is 2.53. The van der Waals surface area contributed by atoms with Crippen molar-refractivity contribution in [2.24, 2.45) is 5.10 Å². The standard InChI is InChI=1S/C14H17N3OS/c1-9(2)15-14(19)17-16-10(3)13-8-11-6-4-5-7-12(11)18-13/h4-9H,1-3H3,(H2,15,17,19)/b16-10+. The molecule has 0 spiro atoms. The molecule has 1 aromatic heterocycles. The summed E-state index contributed by atoms with van der Waals surface area (Å²) in [6.07, 6.45) is 0. The molecule has 0 unspecified atom stereocenters. The summed E-state index contributed by atoms with van der Waals surface area (Å²) >= 11 is 5.10. The number of benzene rings is 1. The molecular weight excluding hydrogens is 258 g/mol. The summed E-state index contributed by atoms with van der Waals surface area (Å²) < 4.78 is 5.71. The van der Waals surface area contributed by atoms with Gasteiger partial charge in [-0.25, -0.2) is 0 Å². The number of furan rings is 1. The van der Waals surface area contributed by atoms with E-state index in [4.69, 9.17) is 16.6 Å². The zero-order valence-electron chi connectivity index (χ0n) is 11.2. The van der Waals surface area contributed by atoms with E-state index in [1.54, 1.807) is 0 Å². The lowest BCUT2D eigenvalue weighted by atomic mass is 10.2. The van der Waals surface area contributed by atoms with Gasteiger partial charge in [-0.3, -0.25) is 5.43 Å². The average Bonchev–Trinajstić information content (AvgIpc) is 2.78. The van der Waals surface area contributed by atoms with Gasteiger partial charge in [-0.15, -0.1) is 0 Å². The molecule has 1 heterocycles. The van der Waals surface area contributed by atoms with Gasteiger partial charge in [0.2, 0.25) is 0 Å². The normalized spacial score (nSPS) is 11.9. The first-order chi connectivity index (χ1) is 9.06. The molecule has 5 heteroatoms. The second-order valence-electron chi connectivity index (χ2n) is 4.59. The number of fused-ring (bicyclic) bond motifs is 1. The maximum atomic E-state index is 5.71. The zero-order chi connectivity index (χ0) is 13.8. The van der Waals surface area contributed by atoms with Crippen molar-refractivity contribution < 1.29 is 4.42 Å². The number of hydrogen-bond acceptors (Lipinski definition) is 3. The Hall–Kier alpha value is -1.88.